The molecule has 1 saturated carbocycles. The van der Waals surface area contributed by atoms with Crippen LogP contribution in [-0.4, -0.2) is 84.0 Å². The SMILES string of the molecule is CCCCCCCCCCCCCCCCCCOC[C@H](COP(=O)(O)OC1[C@@]2(C)O[C@@H](c3ccc4c(N)ncnn34)[C@H](O)[C@@]12O)OCc1ccc(C#N)nc1. The fraction of sp³-hybridized carbons (Fsp3) is 0.700. The van der Waals surface area contributed by atoms with E-state index in [1.54, 1.807) is 24.3 Å². The smallest absolute Gasteiger partial charge is 0.387 e. The van der Waals surface area contributed by atoms with Gasteiger partial charge in [-0.25, -0.2) is 19.0 Å². The van der Waals surface area contributed by atoms with Crippen molar-refractivity contribution in [3.8, 4) is 6.07 Å². The number of aliphatic hydroxyl groups excluding tert-OH is 1. The largest absolute Gasteiger partial charge is 0.472 e. The van der Waals surface area contributed by atoms with E-state index in [-0.39, 0.29) is 31.3 Å². The van der Waals surface area contributed by atoms with Crippen LogP contribution in [0.2, 0.25) is 0 Å². The summed E-state index contributed by atoms with van der Waals surface area (Å²) in [6.07, 6.45) is 18.6. The summed E-state index contributed by atoms with van der Waals surface area (Å²) < 4.78 is 43.4. The minimum absolute atomic E-state index is 0.0936. The maximum atomic E-state index is 13.2. The molecule has 0 amide bonds. The molecule has 5 rings (SSSR count). The van der Waals surface area contributed by atoms with Gasteiger partial charge >= 0.3 is 7.82 Å². The molecule has 56 heavy (non-hydrogen) atoms. The van der Waals surface area contributed by atoms with E-state index in [0.717, 1.165) is 19.3 Å². The number of rotatable bonds is 28. The number of hydrogen-bond acceptors (Lipinski definition) is 13. The fourth-order valence-corrected chi connectivity index (χ4v) is 8.60. The Labute approximate surface area is 330 Å². The molecule has 5 N–H and O–H groups in total. The molecule has 7 atom stereocenters. The topological polar surface area (TPSA) is 217 Å². The lowest BCUT2D eigenvalue weighted by atomic mass is 10.0. The summed E-state index contributed by atoms with van der Waals surface area (Å²) in [5, 5.41) is 35.9. The zero-order valence-corrected chi connectivity index (χ0v) is 33.9. The van der Waals surface area contributed by atoms with Gasteiger partial charge in [0.05, 0.1) is 25.5 Å². The first-order valence-electron chi connectivity index (χ1n) is 20.4. The molecule has 3 aromatic rings. The number of nitrogen functional groups attached to an aromatic ring is 1. The molecule has 310 valence electrons. The van der Waals surface area contributed by atoms with E-state index in [1.165, 1.54) is 107 Å². The third kappa shape index (κ3) is 11.3. The molecule has 1 saturated heterocycles. The Balaban J connectivity index is 1.02. The molecular weight excluding hydrogens is 739 g/mol. The van der Waals surface area contributed by atoms with Gasteiger partial charge in [0.25, 0.3) is 0 Å². The summed E-state index contributed by atoms with van der Waals surface area (Å²) in [6.45, 7) is 4.08. The summed E-state index contributed by atoms with van der Waals surface area (Å²) in [5.41, 5.74) is 4.30. The number of anilines is 1. The van der Waals surface area contributed by atoms with Crippen molar-refractivity contribution in [2.75, 3.05) is 25.6 Å². The Morgan fingerprint density at radius 3 is 2.18 bits per heavy atom. The average Bonchev–Trinajstić information content (AvgIpc) is 3.44. The second-order valence-corrected chi connectivity index (χ2v) is 16.7. The van der Waals surface area contributed by atoms with Crippen LogP contribution in [0.25, 0.3) is 5.52 Å². The van der Waals surface area contributed by atoms with Gasteiger partial charge in [-0.3, -0.25) is 9.05 Å². The molecule has 16 heteroatoms. The lowest BCUT2D eigenvalue weighted by Crippen LogP contribution is -2.35. The van der Waals surface area contributed by atoms with Crippen molar-refractivity contribution in [1.29, 1.82) is 5.26 Å². The fourth-order valence-electron chi connectivity index (χ4n) is 7.56. The Hall–Kier alpha value is -3.03. The maximum absolute atomic E-state index is 13.2. The number of aliphatic hydroxyl groups is 2. The minimum Gasteiger partial charge on any atom is -0.387 e. The van der Waals surface area contributed by atoms with E-state index >= 15 is 0 Å². The third-order valence-corrected chi connectivity index (χ3v) is 12.0. The average molecular weight is 801 g/mol. The van der Waals surface area contributed by atoms with Gasteiger partial charge in [0.15, 0.2) is 11.4 Å². The van der Waals surface area contributed by atoms with Gasteiger partial charge in [-0.15, -0.1) is 0 Å². The summed E-state index contributed by atoms with van der Waals surface area (Å²) in [4.78, 5) is 18.7. The van der Waals surface area contributed by atoms with Crippen molar-refractivity contribution < 1.29 is 42.9 Å². The highest BCUT2D eigenvalue weighted by atomic mass is 31.2. The van der Waals surface area contributed by atoms with Crippen molar-refractivity contribution in [3.05, 3.63) is 53.7 Å². The van der Waals surface area contributed by atoms with E-state index < -0.39 is 43.4 Å². The Morgan fingerprint density at radius 1 is 0.964 bits per heavy atom. The highest BCUT2D eigenvalue weighted by molar-refractivity contribution is 7.47. The van der Waals surface area contributed by atoms with Crippen molar-refractivity contribution in [1.82, 2.24) is 19.6 Å². The predicted octanol–water partition coefficient (Wildman–Crippen LogP) is 6.88. The number of phosphoric ester groups is 1. The Morgan fingerprint density at radius 2 is 1.61 bits per heavy atom. The second kappa shape index (κ2) is 21.1. The second-order valence-electron chi connectivity index (χ2n) is 15.3. The zero-order chi connectivity index (χ0) is 40.0. The highest BCUT2D eigenvalue weighted by Gasteiger charge is 2.87. The van der Waals surface area contributed by atoms with Gasteiger partial charge in [-0.2, -0.15) is 10.4 Å². The van der Waals surface area contributed by atoms with Crippen LogP contribution < -0.4 is 5.73 Å². The quantitative estimate of drug-likeness (QED) is 0.0435. The molecule has 15 nitrogen and oxygen atoms in total. The molecule has 0 radical (unpaired) electrons. The number of nitrogens with two attached hydrogens (primary N) is 1. The molecular formula is C40H61N6O9P. The molecule has 2 unspecified atom stereocenters. The normalized spacial score (nSPS) is 24.5. The van der Waals surface area contributed by atoms with Crippen molar-refractivity contribution in [2.45, 2.75) is 159 Å². The monoisotopic (exact) mass is 800 g/mol. The van der Waals surface area contributed by atoms with Crippen LogP contribution in [0, 0.1) is 11.3 Å². The number of ether oxygens (including phenoxy) is 3. The lowest BCUT2D eigenvalue weighted by molar-refractivity contribution is -0.0837. The van der Waals surface area contributed by atoms with Crippen molar-refractivity contribution >= 4 is 19.2 Å². The van der Waals surface area contributed by atoms with E-state index in [9.17, 15) is 19.7 Å². The van der Waals surface area contributed by atoms with Crippen LogP contribution in [0.3, 0.4) is 0 Å². The molecule has 1 aliphatic heterocycles. The number of hydrogen-bond donors (Lipinski definition) is 4. The van der Waals surface area contributed by atoms with E-state index in [1.807, 2.05) is 6.07 Å². The molecule has 0 bridgehead atoms. The lowest BCUT2D eigenvalue weighted by Gasteiger charge is -2.24. The van der Waals surface area contributed by atoms with Crippen LogP contribution >= 0.6 is 7.82 Å². The predicted molar refractivity (Wildman–Crippen MR) is 209 cm³/mol. The Kier molecular flexibility index (Phi) is 16.6. The van der Waals surface area contributed by atoms with Gasteiger partial charge in [-0.1, -0.05) is 109 Å². The number of unbranched alkanes of at least 4 members (excludes halogenated alkanes) is 15. The number of nitrogens with zero attached hydrogens (tertiary/aromatic N) is 5. The summed E-state index contributed by atoms with van der Waals surface area (Å²) in [7, 11) is -4.79. The number of nitriles is 1. The van der Waals surface area contributed by atoms with E-state index in [4.69, 9.17) is 34.3 Å². The summed E-state index contributed by atoms with van der Waals surface area (Å²) in [6, 6.07) is 8.59. The molecule has 1 aliphatic carbocycles. The van der Waals surface area contributed by atoms with Gasteiger partial charge in [-0.05, 0) is 37.1 Å². The Bertz CT molecular complexity index is 1740. The first kappa shape index (κ1) is 44.1. The molecule has 4 heterocycles. The number of phosphoric acid groups is 1. The van der Waals surface area contributed by atoms with E-state index in [0.29, 0.717) is 23.4 Å². The van der Waals surface area contributed by atoms with Crippen LogP contribution in [0.1, 0.15) is 140 Å². The molecule has 2 fully saturated rings. The third-order valence-electron chi connectivity index (χ3n) is 11.1. The van der Waals surface area contributed by atoms with Crippen LogP contribution in [0.4, 0.5) is 5.82 Å². The minimum atomic E-state index is -4.79. The van der Waals surface area contributed by atoms with Crippen LogP contribution in [-0.2, 0) is 34.4 Å². The maximum Gasteiger partial charge on any atom is 0.472 e. The number of aromatic nitrogens is 4. The molecule has 2 aliphatic rings. The van der Waals surface area contributed by atoms with Gasteiger partial charge in [0.2, 0.25) is 0 Å². The molecule has 3 aromatic heterocycles. The van der Waals surface area contributed by atoms with Gasteiger partial charge in [0, 0.05) is 12.8 Å². The van der Waals surface area contributed by atoms with E-state index in [2.05, 4.69) is 22.0 Å². The van der Waals surface area contributed by atoms with Crippen molar-refractivity contribution in [2.24, 2.45) is 0 Å². The van der Waals surface area contributed by atoms with Gasteiger partial charge < -0.3 is 35.1 Å². The first-order chi connectivity index (χ1) is 27.0. The summed E-state index contributed by atoms with van der Waals surface area (Å²) in [5.74, 6) is 0.231. The zero-order valence-electron chi connectivity index (χ0n) is 33.0. The number of fused-ring (bicyclic) bond motifs is 2. The first-order valence-corrected chi connectivity index (χ1v) is 21.9. The standard InChI is InChI=1S/C40H61N6O9P/c1-3-4-5-6-7-8-9-10-11-12-13-14-15-16-17-18-23-51-27-32(52-26-30-19-20-31(24-41)43-25-30)28-53-56(49,50)55-38-39(2)40(38,48)36(47)35(54-39)33-21-22-34-37(42)44-29-45-46(33)34/h19-22,25,29,32,35-36,38,47-48H,3-18,23,26-28H2,1-2H3,(H,49,50)(H2,42,44,45)/t32-,35+,36+,38?,39-,40-/m1/s1. The van der Waals surface area contributed by atoms with Crippen LogP contribution in [0.15, 0.2) is 36.8 Å². The molecule has 0 spiro atoms. The van der Waals surface area contributed by atoms with Crippen LogP contribution in [0.5, 0.6) is 0 Å². The number of pyridine rings is 1. The summed E-state index contributed by atoms with van der Waals surface area (Å²) >= 11 is 0. The highest BCUT2D eigenvalue weighted by Crippen LogP contribution is 2.68. The van der Waals surface area contributed by atoms with Gasteiger partial charge in [0.1, 0.15) is 53.6 Å². The van der Waals surface area contributed by atoms with Crippen molar-refractivity contribution in [3.63, 3.8) is 0 Å². The molecule has 0 aromatic carbocycles.